The van der Waals surface area contributed by atoms with E-state index in [0.29, 0.717) is 16.9 Å². The number of nitrogens with zero attached hydrogens (tertiary/aromatic N) is 6. The zero-order valence-corrected chi connectivity index (χ0v) is 13.4. The second-order valence-electron chi connectivity index (χ2n) is 5.44. The van der Waals surface area contributed by atoms with Crippen LogP contribution in [0.1, 0.15) is 11.4 Å². The Balaban J connectivity index is 1.84. The molecule has 0 amide bonds. The Morgan fingerprint density at radius 1 is 1.08 bits per heavy atom. The topological polar surface area (TPSA) is 78.0 Å². The van der Waals surface area contributed by atoms with E-state index in [-0.39, 0.29) is 5.56 Å². The van der Waals surface area contributed by atoms with Gasteiger partial charge in [0.25, 0.3) is 5.56 Å². The minimum absolute atomic E-state index is 0.259. The molecule has 0 aliphatic rings. The average Bonchev–Trinajstić information content (AvgIpc) is 3.07. The van der Waals surface area contributed by atoms with Crippen LogP contribution in [0.4, 0.5) is 0 Å². The van der Waals surface area contributed by atoms with Crippen molar-refractivity contribution in [3.63, 3.8) is 0 Å². The number of para-hydroxylation sites is 1. The van der Waals surface area contributed by atoms with Crippen molar-refractivity contribution < 1.29 is 0 Å². The van der Waals surface area contributed by atoms with E-state index < -0.39 is 0 Å². The molecule has 0 bridgehead atoms. The average molecular weight is 330 g/mol. The number of aromatic nitrogens is 5. The van der Waals surface area contributed by atoms with Crippen LogP contribution in [0.3, 0.4) is 0 Å². The van der Waals surface area contributed by atoms with Crippen molar-refractivity contribution >= 4 is 17.2 Å². The zero-order chi connectivity index (χ0) is 17.2. The fraction of sp³-hybridized carbons (Fsp3) is 0.0556. The van der Waals surface area contributed by atoms with Gasteiger partial charge in [0.15, 0.2) is 5.65 Å². The standard InChI is InChI=1S/C18H14N6O/c1-13-22-17-16(12-21-24(17)15-7-3-2-4-8-15)18(25)23(13)20-11-14-6-5-9-19-10-14/h2-12H,1H3/b20-11-. The predicted molar refractivity (Wildman–Crippen MR) is 95.1 cm³/mol. The molecule has 3 aromatic heterocycles. The lowest BCUT2D eigenvalue weighted by Crippen LogP contribution is -2.20. The Bertz CT molecular complexity index is 1110. The summed E-state index contributed by atoms with van der Waals surface area (Å²) in [6.45, 7) is 1.74. The number of rotatable bonds is 3. The molecule has 0 spiro atoms. The van der Waals surface area contributed by atoms with Crippen molar-refractivity contribution in [3.05, 3.63) is 82.8 Å². The van der Waals surface area contributed by atoms with Gasteiger partial charge in [0.2, 0.25) is 0 Å². The lowest BCUT2D eigenvalue weighted by Gasteiger charge is -2.05. The third kappa shape index (κ3) is 2.72. The number of benzene rings is 1. The molecule has 1 aromatic carbocycles. The summed E-state index contributed by atoms with van der Waals surface area (Å²) in [6.07, 6.45) is 6.45. The van der Waals surface area contributed by atoms with E-state index in [0.717, 1.165) is 11.3 Å². The maximum absolute atomic E-state index is 12.8. The number of hydrogen-bond acceptors (Lipinski definition) is 5. The third-order valence-corrected chi connectivity index (χ3v) is 3.75. The molecule has 25 heavy (non-hydrogen) atoms. The van der Waals surface area contributed by atoms with Crippen LogP contribution in [-0.4, -0.2) is 30.6 Å². The molecular weight excluding hydrogens is 316 g/mol. The summed E-state index contributed by atoms with van der Waals surface area (Å²) in [5.41, 5.74) is 1.90. The van der Waals surface area contributed by atoms with Crippen LogP contribution in [0, 0.1) is 6.92 Å². The summed E-state index contributed by atoms with van der Waals surface area (Å²) in [5, 5.41) is 8.97. The Morgan fingerprint density at radius 3 is 2.68 bits per heavy atom. The van der Waals surface area contributed by atoms with Crippen molar-refractivity contribution in [3.8, 4) is 5.69 Å². The van der Waals surface area contributed by atoms with Gasteiger partial charge in [-0.25, -0.2) is 9.67 Å². The van der Waals surface area contributed by atoms with E-state index in [9.17, 15) is 4.79 Å². The van der Waals surface area contributed by atoms with E-state index in [2.05, 4.69) is 20.2 Å². The summed E-state index contributed by atoms with van der Waals surface area (Å²) >= 11 is 0. The molecular formula is C18H14N6O. The van der Waals surface area contributed by atoms with Gasteiger partial charge in [0.05, 0.1) is 18.1 Å². The Kier molecular flexibility index (Phi) is 3.66. The first-order valence-corrected chi connectivity index (χ1v) is 7.71. The van der Waals surface area contributed by atoms with Crippen LogP contribution in [-0.2, 0) is 0 Å². The largest absolute Gasteiger partial charge is 0.285 e. The van der Waals surface area contributed by atoms with Crippen molar-refractivity contribution in [2.75, 3.05) is 0 Å². The first kappa shape index (κ1) is 14.9. The molecule has 0 aliphatic heterocycles. The monoisotopic (exact) mass is 330 g/mol. The molecule has 0 unspecified atom stereocenters. The molecule has 0 N–H and O–H groups in total. The maximum Gasteiger partial charge on any atom is 0.285 e. The van der Waals surface area contributed by atoms with Crippen LogP contribution < -0.4 is 5.56 Å². The van der Waals surface area contributed by atoms with E-state index in [1.807, 2.05) is 42.5 Å². The third-order valence-electron chi connectivity index (χ3n) is 3.75. The molecule has 7 heteroatoms. The fourth-order valence-corrected chi connectivity index (χ4v) is 2.53. The first-order chi connectivity index (χ1) is 12.2. The number of aryl methyl sites for hydroxylation is 1. The molecule has 4 rings (SSSR count). The van der Waals surface area contributed by atoms with Crippen LogP contribution in [0.25, 0.3) is 16.7 Å². The van der Waals surface area contributed by atoms with Crippen molar-refractivity contribution in [2.24, 2.45) is 5.10 Å². The zero-order valence-electron chi connectivity index (χ0n) is 13.4. The number of hydrogen-bond donors (Lipinski definition) is 0. The molecule has 0 atom stereocenters. The second-order valence-corrected chi connectivity index (χ2v) is 5.44. The molecule has 0 fully saturated rings. The summed E-state index contributed by atoms with van der Waals surface area (Å²) in [4.78, 5) is 21.3. The van der Waals surface area contributed by atoms with Gasteiger partial charge in [-0.2, -0.15) is 14.9 Å². The minimum atomic E-state index is -0.259. The van der Waals surface area contributed by atoms with Gasteiger partial charge in [0, 0.05) is 18.0 Å². The van der Waals surface area contributed by atoms with Gasteiger partial charge < -0.3 is 0 Å². The fourth-order valence-electron chi connectivity index (χ4n) is 2.53. The quantitative estimate of drug-likeness (QED) is 0.539. The highest BCUT2D eigenvalue weighted by atomic mass is 16.1. The molecule has 4 aromatic rings. The summed E-state index contributed by atoms with van der Waals surface area (Å²) in [7, 11) is 0. The van der Waals surface area contributed by atoms with Crippen LogP contribution in [0.15, 0.2) is 71.0 Å². The first-order valence-electron chi connectivity index (χ1n) is 7.71. The summed E-state index contributed by atoms with van der Waals surface area (Å²) < 4.78 is 2.92. The summed E-state index contributed by atoms with van der Waals surface area (Å²) in [6, 6.07) is 13.2. The smallest absolute Gasteiger partial charge is 0.266 e. The SMILES string of the molecule is Cc1nc2c(cnn2-c2ccccc2)c(=O)n1/N=C\c1cccnc1. The predicted octanol–water partition coefficient (Wildman–Crippen LogP) is 2.17. The van der Waals surface area contributed by atoms with Crippen LogP contribution >= 0.6 is 0 Å². The Hall–Kier alpha value is -3.61. The molecule has 7 nitrogen and oxygen atoms in total. The lowest BCUT2D eigenvalue weighted by molar-refractivity contribution is 0.764. The van der Waals surface area contributed by atoms with Gasteiger partial charge in [-0.3, -0.25) is 9.78 Å². The van der Waals surface area contributed by atoms with E-state index in [4.69, 9.17) is 0 Å². The minimum Gasteiger partial charge on any atom is -0.266 e. The molecule has 122 valence electrons. The van der Waals surface area contributed by atoms with Gasteiger partial charge in [-0.1, -0.05) is 24.3 Å². The normalized spacial score (nSPS) is 11.4. The van der Waals surface area contributed by atoms with E-state index in [1.54, 1.807) is 30.2 Å². The van der Waals surface area contributed by atoms with Gasteiger partial charge in [-0.05, 0) is 25.1 Å². The van der Waals surface area contributed by atoms with Gasteiger partial charge in [0.1, 0.15) is 11.2 Å². The van der Waals surface area contributed by atoms with E-state index in [1.165, 1.54) is 10.9 Å². The maximum atomic E-state index is 12.8. The van der Waals surface area contributed by atoms with Crippen LogP contribution in [0.2, 0.25) is 0 Å². The number of pyridine rings is 1. The van der Waals surface area contributed by atoms with Crippen molar-refractivity contribution in [1.29, 1.82) is 0 Å². The summed E-state index contributed by atoms with van der Waals surface area (Å²) in [5.74, 6) is 0.482. The van der Waals surface area contributed by atoms with E-state index >= 15 is 0 Å². The molecule has 3 heterocycles. The molecule has 0 saturated heterocycles. The van der Waals surface area contributed by atoms with Crippen molar-refractivity contribution in [2.45, 2.75) is 6.92 Å². The highest BCUT2D eigenvalue weighted by Gasteiger charge is 2.13. The lowest BCUT2D eigenvalue weighted by atomic mass is 10.3. The molecule has 0 saturated carbocycles. The Labute approximate surface area is 142 Å². The number of fused-ring (bicyclic) bond motifs is 1. The molecule has 0 radical (unpaired) electrons. The highest BCUT2D eigenvalue weighted by Crippen LogP contribution is 2.14. The van der Waals surface area contributed by atoms with Gasteiger partial charge >= 0.3 is 0 Å². The highest BCUT2D eigenvalue weighted by molar-refractivity contribution is 5.79. The van der Waals surface area contributed by atoms with Gasteiger partial charge in [-0.15, -0.1) is 0 Å². The Morgan fingerprint density at radius 2 is 1.92 bits per heavy atom. The second kappa shape index (κ2) is 6.12. The van der Waals surface area contributed by atoms with Crippen LogP contribution in [0.5, 0.6) is 0 Å². The van der Waals surface area contributed by atoms with Crippen molar-refractivity contribution in [1.82, 2.24) is 24.4 Å². The molecule has 0 aliphatic carbocycles.